The van der Waals surface area contributed by atoms with Crippen molar-refractivity contribution in [2.75, 3.05) is 5.75 Å². The van der Waals surface area contributed by atoms with Gasteiger partial charge in [-0.1, -0.05) is 68.4 Å². The van der Waals surface area contributed by atoms with Crippen LogP contribution in [0.5, 0.6) is 0 Å². The van der Waals surface area contributed by atoms with Gasteiger partial charge in [-0.2, -0.15) is 0 Å². The molecule has 4 rings (SSSR count). The fourth-order valence-corrected chi connectivity index (χ4v) is 5.08. The van der Waals surface area contributed by atoms with Crippen LogP contribution in [0.15, 0.2) is 88.1 Å². The topological polar surface area (TPSA) is 102 Å². The molecule has 2 amide bonds. The van der Waals surface area contributed by atoms with E-state index in [4.69, 9.17) is 8.83 Å². The molecular formula is C30H32N2O5S. The molecule has 0 fully saturated rings. The molecule has 2 N–H and O–H groups in total. The third kappa shape index (κ3) is 7.38. The van der Waals surface area contributed by atoms with Gasteiger partial charge in [-0.05, 0) is 36.5 Å². The van der Waals surface area contributed by atoms with E-state index in [9.17, 15) is 14.4 Å². The molecule has 8 heteroatoms. The predicted octanol–water partition coefficient (Wildman–Crippen LogP) is 5.40. The highest BCUT2D eigenvalue weighted by molar-refractivity contribution is 7.99. The average molecular weight is 533 g/mol. The number of carbonyl (C=O) groups excluding carboxylic acids is 3. The molecule has 7 nitrogen and oxygen atoms in total. The van der Waals surface area contributed by atoms with Gasteiger partial charge in [0, 0.05) is 10.8 Å². The number of benzene rings is 2. The van der Waals surface area contributed by atoms with Gasteiger partial charge in [0.15, 0.2) is 11.5 Å². The lowest BCUT2D eigenvalue weighted by atomic mass is 10.00. The molecule has 0 saturated carbocycles. The second-order valence-electron chi connectivity index (χ2n) is 9.60. The number of carbonyl (C=O) groups is 3. The molecule has 0 bridgehead atoms. The molecule has 0 aliphatic rings. The summed E-state index contributed by atoms with van der Waals surface area (Å²) in [7, 11) is 0. The molecule has 0 saturated heterocycles. The van der Waals surface area contributed by atoms with Crippen LogP contribution < -0.4 is 10.6 Å². The van der Waals surface area contributed by atoms with Crippen LogP contribution in [0.25, 0.3) is 10.8 Å². The standard InChI is InChI=1S/C30H32N2O5S/c1-20(2)15-26(32-30(35)28-24-13-7-6-11-22(24)17-37-28)29(34)31-25(16-21-9-4-3-5-10-21)27(33)19-38-18-23-12-8-14-36-23/h3-14,17,20,25-26H,15-16,18-19H2,1-2H3,(H,31,34)(H,32,35). The minimum atomic E-state index is -0.826. The summed E-state index contributed by atoms with van der Waals surface area (Å²) in [5.74, 6) is 0.911. The van der Waals surface area contributed by atoms with E-state index in [1.54, 1.807) is 12.3 Å². The summed E-state index contributed by atoms with van der Waals surface area (Å²) in [4.78, 5) is 39.8. The maximum Gasteiger partial charge on any atom is 0.288 e. The van der Waals surface area contributed by atoms with Crippen LogP contribution in [0.1, 0.15) is 42.1 Å². The number of hydrogen-bond donors (Lipinski definition) is 2. The third-order valence-electron chi connectivity index (χ3n) is 6.10. The molecule has 2 atom stereocenters. The number of ketones is 1. The van der Waals surface area contributed by atoms with Crippen LogP contribution in [0.3, 0.4) is 0 Å². The van der Waals surface area contributed by atoms with Crippen LogP contribution in [0.2, 0.25) is 0 Å². The lowest BCUT2D eigenvalue weighted by Crippen LogP contribution is -2.53. The normalized spacial score (nSPS) is 12.8. The second kappa shape index (κ2) is 13.1. The van der Waals surface area contributed by atoms with Gasteiger partial charge in [-0.15, -0.1) is 11.8 Å². The largest absolute Gasteiger partial charge is 0.468 e. The number of amides is 2. The summed E-state index contributed by atoms with van der Waals surface area (Å²) >= 11 is 1.44. The predicted molar refractivity (Wildman–Crippen MR) is 149 cm³/mol. The molecule has 0 aliphatic carbocycles. The number of Topliss-reactive ketones (excluding diaryl/α,β-unsaturated/α-hetero) is 1. The number of fused-ring (bicyclic) bond motifs is 1. The zero-order valence-electron chi connectivity index (χ0n) is 21.5. The van der Waals surface area contributed by atoms with Crippen LogP contribution in [0, 0.1) is 5.92 Å². The Balaban J connectivity index is 1.47. The SMILES string of the molecule is CC(C)CC(NC(=O)c1occ2ccccc12)C(=O)NC(Cc1ccccc1)C(=O)CSCc1ccco1. The Morgan fingerprint density at radius 2 is 1.63 bits per heavy atom. The van der Waals surface area contributed by atoms with Gasteiger partial charge in [-0.25, -0.2) is 0 Å². The van der Waals surface area contributed by atoms with E-state index in [2.05, 4.69) is 10.6 Å². The van der Waals surface area contributed by atoms with E-state index in [0.29, 0.717) is 24.0 Å². The Bertz CT molecular complexity index is 1350. The Morgan fingerprint density at radius 3 is 2.37 bits per heavy atom. The lowest BCUT2D eigenvalue weighted by Gasteiger charge is -2.24. The first-order valence-electron chi connectivity index (χ1n) is 12.6. The van der Waals surface area contributed by atoms with Gasteiger partial charge in [-0.3, -0.25) is 14.4 Å². The van der Waals surface area contributed by atoms with E-state index in [1.807, 2.05) is 74.5 Å². The van der Waals surface area contributed by atoms with Gasteiger partial charge in [0.2, 0.25) is 5.91 Å². The molecule has 0 spiro atoms. The summed E-state index contributed by atoms with van der Waals surface area (Å²) in [6.07, 6.45) is 3.90. The van der Waals surface area contributed by atoms with Crippen molar-refractivity contribution in [3.05, 3.63) is 96.3 Å². The van der Waals surface area contributed by atoms with Crippen molar-refractivity contribution >= 4 is 40.1 Å². The van der Waals surface area contributed by atoms with Crippen LogP contribution in [-0.2, 0) is 21.8 Å². The highest BCUT2D eigenvalue weighted by Gasteiger charge is 2.29. The van der Waals surface area contributed by atoms with E-state index >= 15 is 0 Å². The summed E-state index contributed by atoms with van der Waals surface area (Å²) in [6, 6.07) is 19.0. The summed E-state index contributed by atoms with van der Waals surface area (Å²) in [5, 5.41) is 7.26. The molecule has 38 heavy (non-hydrogen) atoms. The molecule has 4 aromatic rings. The summed E-state index contributed by atoms with van der Waals surface area (Å²) in [6.45, 7) is 3.96. The van der Waals surface area contributed by atoms with Crippen molar-refractivity contribution in [1.29, 1.82) is 0 Å². The molecule has 0 radical (unpaired) electrons. The van der Waals surface area contributed by atoms with Crippen molar-refractivity contribution in [3.8, 4) is 0 Å². The average Bonchev–Trinajstić information content (AvgIpc) is 3.58. The maximum absolute atomic E-state index is 13.5. The van der Waals surface area contributed by atoms with Gasteiger partial charge in [0.25, 0.3) is 5.91 Å². The molecule has 2 aromatic carbocycles. The maximum atomic E-state index is 13.5. The molecule has 0 aliphatic heterocycles. The van der Waals surface area contributed by atoms with Gasteiger partial charge < -0.3 is 19.5 Å². The molecule has 2 heterocycles. The van der Waals surface area contributed by atoms with Crippen LogP contribution in [0.4, 0.5) is 0 Å². The minimum absolute atomic E-state index is 0.0922. The highest BCUT2D eigenvalue weighted by Crippen LogP contribution is 2.21. The van der Waals surface area contributed by atoms with Gasteiger partial charge in [0.1, 0.15) is 11.8 Å². The molecule has 2 aromatic heterocycles. The quantitative estimate of drug-likeness (QED) is 0.239. The number of hydrogen-bond acceptors (Lipinski definition) is 6. The Morgan fingerprint density at radius 1 is 0.868 bits per heavy atom. The van der Waals surface area contributed by atoms with Crippen molar-refractivity contribution in [2.45, 2.75) is 44.5 Å². The minimum Gasteiger partial charge on any atom is -0.468 e. The number of thioether (sulfide) groups is 1. The highest BCUT2D eigenvalue weighted by atomic mass is 32.2. The van der Waals surface area contributed by atoms with Crippen molar-refractivity contribution in [2.24, 2.45) is 5.92 Å². The third-order valence-corrected chi connectivity index (χ3v) is 7.08. The first-order valence-corrected chi connectivity index (χ1v) is 13.8. The fourth-order valence-electron chi connectivity index (χ4n) is 4.21. The lowest BCUT2D eigenvalue weighted by molar-refractivity contribution is -0.128. The second-order valence-corrected chi connectivity index (χ2v) is 10.6. The monoisotopic (exact) mass is 532 g/mol. The van der Waals surface area contributed by atoms with Gasteiger partial charge >= 0.3 is 0 Å². The van der Waals surface area contributed by atoms with Crippen molar-refractivity contribution in [1.82, 2.24) is 10.6 Å². The molecule has 198 valence electrons. The fraction of sp³-hybridized carbons (Fsp3) is 0.300. The zero-order valence-corrected chi connectivity index (χ0v) is 22.3. The van der Waals surface area contributed by atoms with Crippen molar-refractivity contribution in [3.63, 3.8) is 0 Å². The van der Waals surface area contributed by atoms with Crippen LogP contribution >= 0.6 is 11.8 Å². The Kier molecular flexibility index (Phi) is 9.43. The smallest absolute Gasteiger partial charge is 0.288 e. The number of furan rings is 2. The summed E-state index contributed by atoms with van der Waals surface area (Å²) in [5.41, 5.74) is 0.939. The van der Waals surface area contributed by atoms with E-state index < -0.39 is 23.9 Å². The number of nitrogens with one attached hydrogen (secondary N) is 2. The van der Waals surface area contributed by atoms with E-state index in [-0.39, 0.29) is 23.2 Å². The first-order chi connectivity index (χ1) is 18.4. The zero-order chi connectivity index (χ0) is 26.9. The molecule has 2 unspecified atom stereocenters. The van der Waals surface area contributed by atoms with Gasteiger partial charge in [0.05, 0.1) is 30.1 Å². The molecular weight excluding hydrogens is 500 g/mol. The van der Waals surface area contributed by atoms with E-state index in [1.165, 1.54) is 18.0 Å². The number of rotatable bonds is 13. The summed E-state index contributed by atoms with van der Waals surface area (Å²) < 4.78 is 10.9. The van der Waals surface area contributed by atoms with E-state index in [0.717, 1.165) is 16.7 Å². The van der Waals surface area contributed by atoms with Crippen molar-refractivity contribution < 1.29 is 23.2 Å². The van der Waals surface area contributed by atoms with Crippen LogP contribution in [-0.4, -0.2) is 35.4 Å². The Hall–Kier alpha value is -3.78. The first kappa shape index (κ1) is 27.3. The Labute approximate surface area is 226 Å².